The van der Waals surface area contributed by atoms with Gasteiger partial charge in [-0.25, -0.2) is 4.79 Å². The molecular weight excluding hydrogens is 382 g/mol. The molecule has 0 radical (unpaired) electrons. The molecule has 6 nitrogen and oxygen atoms in total. The molecular formula is C15H16BrN3O3S. The highest BCUT2D eigenvalue weighted by Crippen LogP contribution is 2.23. The van der Waals surface area contributed by atoms with Gasteiger partial charge in [-0.3, -0.25) is 14.2 Å². The van der Waals surface area contributed by atoms with E-state index in [1.165, 1.54) is 30.0 Å². The number of amides is 1. The molecule has 1 amide bonds. The molecule has 0 N–H and O–H groups in total. The average Bonchev–Trinajstić information content (AvgIpc) is 2.92. The maximum Gasteiger partial charge on any atom is 0.330 e. The second-order valence-electron chi connectivity index (χ2n) is 5.08. The van der Waals surface area contributed by atoms with E-state index in [0.29, 0.717) is 6.54 Å². The van der Waals surface area contributed by atoms with Gasteiger partial charge in [0.05, 0.1) is 15.9 Å². The van der Waals surface area contributed by atoms with Gasteiger partial charge in [0.15, 0.2) is 0 Å². The average molecular weight is 398 g/mol. The van der Waals surface area contributed by atoms with Crippen molar-refractivity contribution in [3.63, 3.8) is 0 Å². The summed E-state index contributed by atoms with van der Waals surface area (Å²) >= 11 is 4.95. The minimum atomic E-state index is -0.429. The van der Waals surface area contributed by atoms with E-state index in [0.717, 1.165) is 13.2 Å². The van der Waals surface area contributed by atoms with E-state index in [9.17, 15) is 14.4 Å². The standard InChI is InChI=1S/C15H16BrN3O3S/c1-17(9-11-5-6-12(16)23-11)13(20)7-4-10-8-18(2)15(22)19(3)14(10)21/h4-8H,9H2,1-3H3/b7-4+. The van der Waals surface area contributed by atoms with Crippen LogP contribution in [0.5, 0.6) is 0 Å². The van der Waals surface area contributed by atoms with Crippen molar-refractivity contribution >= 4 is 39.2 Å². The molecule has 0 saturated carbocycles. The summed E-state index contributed by atoms with van der Waals surface area (Å²) in [5.74, 6) is -0.217. The molecule has 0 saturated heterocycles. The Morgan fingerprint density at radius 3 is 2.65 bits per heavy atom. The lowest BCUT2D eigenvalue weighted by Crippen LogP contribution is -2.37. The third-order valence-electron chi connectivity index (χ3n) is 3.28. The number of halogens is 1. The second-order valence-corrected chi connectivity index (χ2v) is 7.62. The van der Waals surface area contributed by atoms with Gasteiger partial charge in [-0.2, -0.15) is 0 Å². The van der Waals surface area contributed by atoms with Crippen molar-refractivity contribution in [2.24, 2.45) is 14.1 Å². The van der Waals surface area contributed by atoms with Gasteiger partial charge >= 0.3 is 5.69 Å². The van der Waals surface area contributed by atoms with Crippen molar-refractivity contribution in [1.82, 2.24) is 14.0 Å². The molecule has 8 heteroatoms. The summed E-state index contributed by atoms with van der Waals surface area (Å²) in [6.45, 7) is 0.491. The van der Waals surface area contributed by atoms with Crippen molar-refractivity contribution in [2.75, 3.05) is 7.05 Å². The third kappa shape index (κ3) is 4.08. The lowest BCUT2D eigenvalue weighted by molar-refractivity contribution is -0.125. The van der Waals surface area contributed by atoms with Crippen LogP contribution in [0.3, 0.4) is 0 Å². The first kappa shape index (κ1) is 17.4. The van der Waals surface area contributed by atoms with Crippen LogP contribution >= 0.6 is 27.3 Å². The normalized spacial score (nSPS) is 11.1. The molecule has 0 aromatic carbocycles. The second kappa shape index (κ2) is 7.10. The molecule has 2 aromatic rings. The van der Waals surface area contributed by atoms with E-state index < -0.39 is 11.2 Å². The van der Waals surface area contributed by atoms with Gasteiger partial charge in [0.2, 0.25) is 5.91 Å². The highest BCUT2D eigenvalue weighted by molar-refractivity contribution is 9.11. The van der Waals surface area contributed by atoms with Gasteiger partial charge in [-0.1, -0.05) is 0 Å². The number of rotatable bonds is 4. The molecule has 0 spiro atoms. The Morgan fingerprint density at radius 2 is 2.04 bits per heavy atom. The van der Waals surface area contributed by atoms with Crippen molar-refractivity contribution in [3.05, 3.63) is 59.5 Å². The van der Waals surface area contributed by atoms with Crippen LogP contribution in [-0.2, 0) is 25.4 Å². The summed E-state index contributed by atoms with van der Waals surface area (Å²) in [5, 5.41) is 0. The van der Waals surface area contributed by atoms with Crippen molar-refractivity contribution in [3.8, 4) is 0 Å². The summed E-state index contributed by atoms with van der Waals surface area (Å²) in [7, 11) is 4.66. The summed E-state index contributed by atoms with van der Waals surface area (Å²) in [5.41, 5.74) is -0.545. The van der Waals surface area contributed by atoms with Crippen LogP contribution < -0.4 is 11.2 Å². The maximum atomic E-state index is 12.1. The number of hydrogen-bond donors (Lipinski definition) is 0. The first-order valence-electron chi connectivity index (χ1n) is 6.73. The number of aromatic nitrogens is 2. The number of thiophene rings is 1. The predicted octanol–water partition coefficient (Wildman–Crippen LogP) is 1.58. The van der Waals surface area contributed by atoms with Crippen LogP contribution in [0.1, 0.15) is 10.4 Å². The van der Waals surface area contributed by atoms with Gasteiger partial charge in [-0.05, 0) is 34.1 Å². The largest absolute Gasteiger partial charge is 0.337 e. The Kier molecular flexibility index (Phi) is 5.38. The quantitative estimate of drug-likeness (QED) is 0.735. The molecule has 2 heterocycles. The van der Waals surface area contributed by atoms with Gasteiger partial charge in [0.1, 0.15) is 0 Å². The number of likely N-dealkylation sites (N-methyl/N-ethyl adjacent to an activating group) is 1. The minimum Gasteiger partial charge on any atom is -0.337 e. The molecule has 0 fully saturated rings. The van der Waals surface area contributed by atoms with Gasteiger partial charge in [-0.15, -0.1) is 11.3 Å². The van der Waals surface area contributed by atoms with Crippen LogP contribution in [0.2, 0.25) is 0 Å². The highest BCUT2D eigenvalue weighted by Gasteiger charge is 2.09. The number of carbonyl (C=O) groups excluding carboxylic acids is 1. The van der Waals surface area contributed by atoms with E-state index >= 15 is 0 Å². The van der Waals surface area contributed by atoms with E-state index in [4.69, 9.17) is 0 Å². The monoisotopic (exact) mass is 397 g/mol. The highest BCUT2D eigenvalue weighted by atomic mass is 79.9. The van der Waals surface area contributed by atoms with Crippen LogP contribution in [-0.4, -0.2) is 27.0 Å². The topological polar surface area (TPSA) is 64.3 Å². The van der Waals surface area contributed by atoms with Gasteiger partial charge in [0, 0.05) is 38.3 Å². The molecule has 2 rings (SSSR count). The van der Waals surface area contributed by atoms with Gasteiger partial charge in [0.25, 0.3) is 5.56 Å². The number of hydrogen-bond acceptors (Lipinski definition) is 4. The Labute approximate surface area is 145 Å². The van der Waals surface area contributed by atoms with Crippen LogP contribution in [0.15, 0.2) is 37.8 Å². The van der Waals surface area contributed by atoms with Crippen molar-refractivity contribution < 1.29 is 4.79 Å². The molecule has 23 heavy (non-hydrogen) atoms. The maximum absolute atomic E-state index is 12.1. The fourth-order valence-electron chi connectivity index (χ4n) is 1.99. The predicted molar refractivity (Wildman–Crippen MR) is 94.5 cm³/mol. The minimum absolute atomic E-state index is 0.217. The number of aryl methyl sites for hydroxylation is 1. The Bertz CT molecular complexity index is 879. The fourth-order valence-corrected chi connectivity index (χ4v) is 3.52. The smallest absolute Gasteiger partial charge is 0.330 e. The lowest BCUT2D eigenvalue weighted by Gasteiger charge is -2.13. The molecule has 122 valence electrons. The van der Waals surface area contributed by atoms with Crippen LogP contribution in [0.4, 0.5) is 0 Å². The zero-order chi connectivity index (χ0) is 17.1. The molecule has 2 aromatic heterocycles. The van der Waals surface area contributed by atoms with E-state index in [2.05, 4.69) is 15.9 Å². The van der Waals surface area contributed by atoms with E-state index in [-0.39, 0.29) is 11.5 Å². The molecule has 0 aliphatic carbocycles. The fraction of sp³-hybridized carbons (Fsp3) is 0.267. The lowest BCUT2D eigenvalue weighted by atomic mass is 10.3. The van der Waals surface area contributed by atoms with Crippen LogP contribution in [0, 0.1) is 0 Å². The molecule has 0 atom stereocenters. The van der Waals surface area contributed by atoms with E-state index in [1.54, 1.807) is 30.3 Å². The van der Waals surface area contributed by atoms with Crippen molar-refractivity contribution in [1.29, 1.82) is 0 Å². The molecule has 0 unspecified atom stereocenters. The Morgan fingerprint density at radius 1 is 1.35 bits per heavy atom. The summed E-state index contributed by atoms with van der Waals surface area (Å²) < 4.78 is 3.33. The van der Waals surface area contributed by atoms with Crippen molar-refractivity contribution in [2.45, 2.75) is 6.54 Å². The number of carbonyl (C=O) groups is 1. The zero-order valence-corrected chi connectivity index (χ0v) is 15.3. The molecule has 0 aliphatic rings. The molecule has 0 aliphatic heterocycles. The summed E-state index contributed by atoms with van der Waals surface area (Å²) in [4.78, 5) is 38.3. The Balaban J connectivity index is 2.15. The van der Waals surface area contributed by atoms with Gasteiger partial charge < -0.3 is 9.47 Å². The molecule has 0 bridgehead atoms. The summed E-state index contributed by atoms with van der Waals surface area (Å²) in [6, 6.07) is 3.88. The Hall–Kier alpha value is -1.93. The first-order valence-corrected chi connectivity index (χ1v) is 8.34. The van der Waals surface area contributed by atoms with E-state index in [1.807, 2.05) is 12.1 Å². The SMILES string of the molecule is CN(Cc1ccc(Br)s1)C(=O)/C=C/c1cn(C)c(=O)n(C)c1=O. The summed E-state index contributed by atoms with van der Waals surface area (Å²) in [6.07, 6.45) is 4.19. The number of nitrogens with zero attached hydrogens (tertiary/aromatic N) is 3. The zero-order valence-electron chi connectivity index (χ0n) is 12.9. The first-order chi connectivity index (χ1) is 10.8. The third-order valence-corrected chi connectivity index (χ3v) is 4.88. The van der Waals surface area contributed by atoms with Crippen LogP contribution in [0.25, 0.3) is 6.08 Å².